The van der Waals surface area contributed by atoms with Gasteiger partial charge in [0.1, 0.15) is 5.58 Å². The van der Waals surface area contributed by atoms with Crippen molar-refractivity contribution in [1.82, 2.24) is 0 Å². The first-order valence-electron chi connectivity index (χ1n) is 8.66. The lowest BCUT2D eigenvalue weighted by molar-refractivity contribution is -0.387. The minimum Gasteiger partial charge on any atom is -0.449 e. The van der Waals surface area contributed by atoms with Crippen molar-refractivity contribution in [3.8, 4) is 0 Å². The van der Waals surface area contributed by atoms with E-state index in [2.05, 4.69) is 5.32 Å². The second-order valence-electron chi connectivity index (χ2n) is 6.43. The maximum absolute atomic E-state index is 13.4. The summed E-state index contributed by atoms with van der Waals surface area (Å²) < 4.78 is 23.8. The van der Waals surface area contributed by atoms with Gasteiger partial charge in [-0.15, -0.1) is 0 Å². The number of benzene rings is 2. The lowest BCUT2D eigenvalue weighted by Gasteiger charge is -2.13. The molecular weight excluding hydrogens is 399 g/mol. The molecule has 0 aliphatic rings. The Kier molecular flexibility index (Phi) is 5.58. The van der Waals surface area contributed by atoms with Crippen LogP contribution in [-0.2, 0) is 9.53 Å². The number of carbonyl (C=O) groups is 2. The average Bonchev–Trinajstić information content (AvgIpc) is 2.69. The predicted octanol–water partition coefficient (Wildman–Crippen LogP) is 3.33. The van der Waals surface area contributed by atoms with Crippen molar-refractivity contribution in [2.75, 3.05) is 5.32 Å². The van der Waals surface area contributed by atoms with E-state index in [9.17, 15) is 28.9 Å². The number of nitrogens with zero attached hydrogens (tertiary/aromatic N) is 1. The molecule has 0 radical (unpaired) electrons. The van der Waals surface area contributed by atoms with Crippen LogP contribution in [0.5, 0.6) is 0 Å². The fourth-order valence-electron chi connectivity index (χ4n) is 2.62. The van der Waals surface area contributed by atoms with Gasteiger partial charge in [0.25, 0.3) is 5.91 Å². The van der Waals surface area contributed by atoms with Crippen molar-refractivity contribution in [1.29, 1.82) is 0 Å². The zero-order valence-electron chi connectivity index (χ0n) is 15.8. The summed E-state index contributed by atoms with van der Waals surface area (Å²) in [5.74, 6) is -3.29. The number of esters is 1. The average molecular weight is 414 g/mol. The van der Waals surface area contributed by atoms with Gasteiger partial charge in [-0.05, 0) is 38.1 Å². The maximum atomic E-state index is 13.4. The van der Waals surface area contributed by atoms with Crippen molar-refractivity contribution < 1.29 is 28.1 Å². The fourth-order valence-corrected chi connectivity index (χ4v) is 2.62. The molecule has 0 unspecified atom stereocenters. The van der Waals surface area contributed by atoms with E-state index in [0.29, 0.717) is 5.39 Å². The molecule has 1 amide bonds. The number of nitro groups is 1. The summed E-state index contributed by atoms with van der Waals surface area (Å²) in [5, 5.41) is 13.4. The maximum Gasteiger partial charge on any atom is 0.375 e. The van der Waals surface area contributed by atoms with E-state index in [-0.39, 0.29) is 17.0 Å². The second kappa shape index (κ2) is 8.11. The number of amides is 1. The van der Waals surface area contributed by atoms with Crippen molar-refractivity contribution in [2.45, 2.75) is 20.0 Å². The highest BCUT2D eigenvalue weighted by Gasteiger charge is 2.23. The Balaban J connectivity index is 1.74. The van der Waals surface area contributed by atoms with Crippen LogP contribution in [0.25, 0.3) is 11.0 Å². The van der Waals surface area contributed by atoms with Crippen LogP contribution >= 0.6 is 0 Å². The number of hydrogen-bond donors (Lipinski definition) is 1. The topological polar surface area (TPSA) is 129 Å². The van der Waals surface area contributed by atoms with E-state index in [1.54, 1.807) is 25.1 Å². The molecule has 9 nitrogen and oxygen atoms in total. The largest absolute Gasteiger partial charge is 0.449 e. The number of nitro benzene ring substituents is 1. The number of fused-ring (bicyclic) bond motifs is 1. The highest BCUT2D eigenvalue weighted by Crippen LogP contribution is 2.22. The van der Waals surface area contributed by atoms with Crippen molar-refractivity contribution >= 4 is 34.2 Å². The van der Waals surface area contributed by atoms with E-state index in [1.807, 2.05) is 0 Å². The highest BCUT2D eigenvalue weighted by atomic mass is 19.1. The minimum atomic E-state index is -1.33. The Morgan fingerprint density at radius 3 is 2.63 bits per heavy atom. The summed E-state index contributed by atoms with van der Waals surface area (Å²) in [4.78, 5) is 46.6. The number of hydrogen-bond acceptors (Lipinski definition) is 7. The van der Waals surface area contributed by atoms with Crippen LogP contribution in [-0.4, -0.2) is 22.9 Å². The van der Waals surface area contributed by atoms with Crippen molar-refractivity contribution in [2.24, 2.45) is 0 Å². The van der Waals surface area contributed by atoms with Gasteiger partial charge in [-0.3, -0.25) is 19.7 Å². The van der Waals surface area contributed by atoms with Crippen LogP contribution in [0.2, 0.25) is 0 Å². The van der Waals surface area contributed by atoms with Crippen LogP contribution < -0.4 is 10.7 Å². The quantitative estimate of drug-likeness (QED) is 0.385. The third-order valence-electron chi connectivity index (χ3n) is 4.15. The second-order valence-corrected chi connectivity index (χ2v) is 6.43. The first-order valence-corrected chi connectivity index (χ1v) is 8.66. The molecular formula is C20H15FN2O7. The van der Waals surface area contributed by atoms with Gasteiger partial charge in [0.05, 0.1) is 10.3 Å². The molecule has 30 heavy (non-hydrogen) atoms. The first kappa shape index (κ1) is 20.6. The molecule has 10 heteroatoms. The highest BCUT2D eigenvalue weighted by molar-refractivity contribution is 5.97. The van der Waals surface area contributed by atoms with Gasteiger partial charge in [0, 0.05) is 17.8 Å². The molecule has 0 bridgehead atoms. The number of carbonyl (C=O) groups excluding carboxylic acids is 2. The molecule has 1 N–H and O–H groups in total. The summed E-state index contributed by atoms with van der Waals surface area (Å²) in [7, 11) is 0. The predicted molar refractivity (Wildman–Crippen MR) is 104 cm³/mol. The Morgan fingerprint density at radius 1 is 1.20 bits per heavy atom. The van der Waals surface area contributed by atoms with Crippen LogP contribution in [0.1, 0.15) is 23.0 Å². The minimum absolute atomic E-state index is 0.0522. The third kappa shape index (κ3) is 4.32. The van der Waals surface area contributed by atoms with E-state index in [4.69, 9.17) is 9.15 Å². The van der Waals surface area contributed by atoms with E-state index in [0.717, 1.165) is 29.8 Å². The zero-order valence-corrected chi connectivity index (χ0v) is 15.8. The molecule has 154 valence electrons. The molecule has 1 heterocycles. The van der Waals surface area contributed by atoms with Gasteiger partial charge in [-0.2, -0.15) is 4.39 Å². The smallest absolute Gasteiger partial charge is 0.375 e. The number of nitrogens with one attached hydrogen (secondary N) is 1. The van der Waals surface area contributed by atoms with Crippen LogP contribution in [0, 0.1) is 22.9 Å². The monoisotopic (exact) mass is 414 g/mol. The van der Waals surface area contributed by atoms with Gasteiger partial charge in [-0.25, -0.2) is 4.79 Å². The molecule has 3 aromatic rings. The first-order chi connectivity index (χ1) is 14.2. The molecule has 2 aromatic carbocycles. The molecule has 1 aromatic heterocycles. The summed E-state index contributed by atoms with van der Waals surface area (Å²) in [5.41, 5.74) is -0.274. The van der Waals surface area contributed by atoms with Gasteiger partial charge >= 0.3 is 11.7 Å². The standard InChI is InChI=1S/C20H15FN2O7/c1-10-3-6-17-13(7-10)16(24)9-18(30-17)20(26)29-11(2)19(25)22-12-4-5-14(21)15(8-12)23(27)28/h3-9,11H,1-2H3,(H,22,25)/t11-/m1/s1. The van der Waals surface area contributed by atoms with Crippen molar-refractivity contribution in [3.05, 3.63) is 79.9 Å². The summed E-state index contributed by atoms with van der Waals surface area (Å²) in [6.07, 6.45) is -1.33. The van der Waals surface area contributed by atoms with Gasteiger partial charge in [0.15, 0.2) is 11.5 Å². The van der Waals surface area contributed by atoms with Crippen LogP contribution in [0.3, 0.4) is 0 Å². The molecule has 0 aliphatic heterocycles. The SMILES string of the molecule is Cc1ccc2oc(C(=O)O[C@H](C)C(=O)Nc3ccc(F)c([N+](=O)[O-])c3)cc(=O)c2c1. The van der Waals surface area contributed by atoms with E-state index < -0.39 is 39.8 Å². The lowest BCUT2D eigenvalue weighted by Crippen LogP contribution is -2.30. The number of anilines is 1. The van der Waals surface area contributed by atoms with Gasteiger partial charge in [-0.1, -0.05) is 11.6 Å². The van der Waals surface area contributed by atoms with Gasteiger partial charge in [0.2, 0.25) is 11.6 Å². The van der Waals surface area contributed by atoms with Gasteiger partial charge < -0.3 is 14.5 Å². The zero-order chi connectivity index (χ0) is 22.0. The van der Waals surface area contributed by atoms with E-state index >= 15 is 0 Å². The number of ether oxygens (including phenoxy) is 1. The molecule has 0 aliphatic carbocycles. The molecule has 1 atom stereocenters. The summed E-state index contributed by atoms with van der Waals surface area (Å²) >= 11 is 0. The summed E-state index contributed by atoms with van der Waals surface area (Å²) in [6.45, 7) is 3.06. The van der Waals surface area contributed by atoms with Crippen molar-refractivity contribution in [3.63, 3.8) is 0 Å². The molecule has 0 saturated carbocycles. The molecule has 0 fully saturated rings. The van der Waals surface area contributed by atoms with Crippen LogP contribution in [0.15, 0.2) is 51.7 Å². The fraction of sp³-hybridized carbons (Fsp3) is 0.150. The number of aryl methyl sites for hydroxylation is 1. The number of rotatable bonds is 5. The third-order valence-corrected chi connectivity index (χ3v) is 4.15. The molecule has 3 rings (SSSR count). The normalized spacial score (nSPS) is 11.7. The Morgan fingerprint density at radius 2 is 1.93 bits per heavy atom. The van der Waals surface area contributed by atoms with E-state index in [1.165, 1.54) is 6.92 Å². The lowest BCUT2D eigenvalue weighted by atomic mass is 10.1. The Hall–Kier alpha value is -4.08. The number of halogens is 1. The molecule has 0 spiro atoms. The summed E-state index contributed by atoms with van der Waals surface area (Å²) in [6, 6.07) is 8.63. The molecule has 0 saturated heterocycles. The Labute approximate surface area is 168 Å². The van der Waals surface area contributed by atoms with Crippen LogP contribution in [0.4, 0.5) is 15.8 Å². The Bertz CT molecular complexity index is 1240.